The lowest BCUT2D eigenvalue weighted by Crippen LogP contribution is -2.22. The van der Waals surface area contributed by atoms with E-state index in [1.54, 1.807) is 4.57 Å². The molecule has 13 rings (SSSR count). The van der Waals surface area contributed by atoms with Crippen molar-refractivity contribution >= 4 is 87.0 Å². The van der Waals surface area contributed by atoms with Crippen LogP contribution in [0.3, 0.4) is 0 Å². The molecule has 13 aromatic rings. The minimum atomic E-state index is -0.175. The smallest absolute Gasteiger partial charge is 0.265 e. The maximum absolute atomic E-state index is 15.7. The average Bonchev–Trinajstić information content (AvgIpc) is 3.83. The molecule has 6 nitrogen and oxygen atoms in total. The molecule has 284 valence electrons. The number of para-hydroxylation sites is 4. The zero-order valence-corrected chi connectivity index (χ0v) is 32.7. The molecule has 0 radical (unpaired) electrons. The van der Waals surface area contributed by atoms with Gasteiger partial charge >= 0.3 is 0 Å². The molecule has 0 aliphatic rings. The third kappa shape index (κ3) is 4.87. The topological polar surface area (TPSA) is 57.6 Å². The SMILES string of the molecule is O=c1c2cc3c4ccccc4n(-c4ccccc4)c3cc2c2cc3c(cc2n1-c1nc(-c2ccccc2)c2ccc4ccccc4c2n1)c1ccccc1n3-c1ccccc1. The van der Waals surface area contributed by atoms with E-state index in [9.17, 15) is 0 Å². The molecule has 0 spiro atoms. The third-order valence-corrected chi connectivity index (χ3v) is 12.4. The number of hydrogen-bond acceptors (Lipinski definition) is 3. The number of hydrogen-bond donors (Lipinski definition) is 0. The van der Waals surface area contributed by atoms with Crippen LogP contribution in [0, 0.1) is 0 Å². The van der Waals surface area contributed by atoms with Crippen LogP contribution < -0.4 is 5.56 Å². The summed E-state index contributed by atoms with van der Waals surface area (Å²) in [4.78, 5) is 26.5. The molecule has 9 aromatic carbocycles. The first kappa shape index (κ1) is 33.6. The van der Waals surface area contributed by atoms with Gasteiger partial charge in [0.25, 0.3) is 5.56 Å². The molecule has 61 heavy (non-hydrogen) atoms. The number of aromatic nitrogens is 5. The van der Waals surface area contributed by atoms with Crippen LogP contribution in [0.25, 0.3) is 116 Å². The van der Waals surface area contributed by atoms with E-state index in [2.05, 4.69) is 167 Å². The summed E-state index contributed by atoms with van der Waals surface area (Å²) in [7, 11) is 0. The Morgan fingerprint density at radius 3 is 1.46 bits per heavy atom. The van der Waals surface area contributed by atoms with Crippen LogP contribution in [0.2, 0.25) is 0 Å². The quantitative estimate of drug-likeness (QED) is 0.167. The second kappa shape index (κ2) is 12.8. The number of pyridine rings is 1. The fourth-order valence-electron chi connectivity index (χ4n) is 9.73. The fraction of sp³-hybridized carbons (Fsp3) is 0. The zero-order chi connectivity index (χ0) is 40.2. The average molecular weight is 780 g/mol. The molecular weight excluding hydrogens is 747 g/mol. The first-order chi connectivity index (χ1) is 30.2. The maximum Gasteiger partial charge on any atom is 0.265 e. The van der Waals surface area contributed by atoms with Crippen molar-refractivity contribution in [3.05, 3.63) is 211 Å². The van der Waals surface area contributed by atoms with E-state index >= 15 is 4.79 Å². The van der Waals surface area contributed by atoms with Crippen LogP contribution in [-0.4, -0.2) is 23.7 Å². The summed E-state index contributed by atoms with van der Waals surface area (Å²) < 4.78 is 6.41. The normalized spacial score (nSPS) is 12.0. The molecule has 0 fully saturated rings. The molecule has 0 saturated carbocycles. The lowest BCUT2D eigenvalue weighted by atomic mass is 10.0. The Kier molecular flexibility index (Phi) is 7.06. The summed E-state index contributed by atoms with van der Waals surface area (Å²) in [5.74, 6) is 0.331. The lowest BCUT2D eigenvalue weighted by Gasteiger charge is -2.16. The largest absolute Gasteiger partial charge is 0.309 e. The number of rotatable bonds is 4. The minimum Gasteiger partial charge on any atom is -0.309 e. The van der Waals surface area contributed by atoms with Crippen molar-refractivity contribution in [3.63, 3.8) is 0 Å². The van der Waals surface area contributed by atoms with Gasteiger partial charge in [0.1, 0.15) is 0 Å². The molecule has 4 aromatic heterocycles. The number of benzene rings is 9. The van der Waals surface area contributed by atoms with Crippen LogP contribution >= 0.6 is 0 Å². The van der Waals surface area contributed by atoms with Gasteiger partial charge in [0.05, 0.1) is 38.8 Å². The van der Waals surface area contributed by atoms with Gasteiger partial charge in [0, 0.05) is 60.0 Å². The van der Waals surface area contributed by atoms with Crippen molar-refractivity contribution in [3.8, 4) is 28.6 Å². The minimum absolute atomic E-state index is 0.175. The molecular formula is C55H33N5O. The van der Waals surface area contributed by atoms with Crippen molar-refractivity contribution in [1.82, 2.24) is 23.7 Å². The Labute approximate surface area is 348 Å². The summed E-state index contributed by atoms with van der Waals surface area (Å²) in [5, 5.41) is 9.60. The van der Waals surface area contributed by atoms with E-state index in [-0.39, 0.29) is 5.56 Å². The molecule has 0 amide bonds. The van der Waals surface area contributed by atoms with E-state index in [1.165, 1.54) is 0 Å². The van der Waals surface area contributed by atoms with Gasteiger partial charge in [-0.1, -0.05) is 133 Å². The highest BCUT2D eigenvalue weighted by atomic mass is 16.1. The number of nitrogens with zero attached hydrogens (tertiary/aromatic N) is 5. The second-order valence-electron chi connectivity index (χ2n) is 15.7. The number of fused-ring (bicyclic) bond motifs is 12. The van der Waals surface area contributed by atoms with Gasteiger partial charge in [-0.3, -0.25) is 4.79 Å². The molecule has 0 unspecified atom stereocenters. The summed E-state index contributed by atoms with van der Waals surface area (Å²) in [5.41, 5.74) is 9.45. The highest BCUT2D eigenvalue weighted by Crippen LogP contribution is 2.41. The van der Waals surface area contributed by atoms with Crippen molar-refractivity contribution in [2.75, 3.05) is 0 Å². The molecule has 4 heterocycles. The highest BCUT2D eigenvalue weighted by molar-refractivity contribution is 6.21. The van der Waals surface area contributed by atoms with Crippen LogP contribution in [0.4, 0.5) is 0 Å². The van der Waals surface area contributed by atoms with Crippen molar-refractivity contribution < 1.29 is 0 Å². The van der Waals surface area contributed by atoms with Gasteiger partial charge in [-0.25, -0.2) is 14.5 Å². The summed E-state index contributed by atoms with van der Waals surface area (Å²) >= 11 is 0. The van der Waals surface area contributed by atoms with Crippen LogP contribution in [0.15, 0.2) is 205 Å². The molecule has 0 aliphatic carbocycles. The van der Waals surface area contributed by atoms with Gasteiger partial charge in [-0.05, 0) is 77.5 Å². The van der Waals surface area contributed by atoms with Crippen molar-refractivity contribution in [1.29, 1.82) is 0 Å². The molecule has 0 bridgehead atoms. The van der Waals surface area contributed by atoms with Gasteiger partial charge in [0.15, 0.2) is 0 Å². The molecule has 0 atom stereocenters. The van der Waals surface area contributed by atoms with Gasteiger partial charge in [-0.2, -0.15) is 0 Å². The second-order valence-corrected chi connectivity index (χ2v) is 15.7. The van der Waals surface area contributed by atoms with E-state index in [0.717, 1.165) is 104 Å². The predicted octanol–water partition coefficient (Wildman–Crippen LogP) is 13.1. The van der Waals surface area contributed by atoms with Crippen molar-refractivity contribution in [2.24, 2.45) is 0 Å². The van der Waals surface area contributed by atoms with E-state index in [1.807, 2.05) is 42.5 Å². The standard InChI is InChI=1S/C55H33N5O/c61-54-46-30-43-39-24-12-14-26-47(39)58(36-19-6-2-7-20-36)49(43)31-42(46)45-33-50-44(40-25-13-15-27-48(40)59(50)37-21-8-3-9-22-37)32-51(45)60(54)55-56-52(35-17-4-1-5-18-35)41-29-28-34-16-10-11-23-38(34)53(41)57-55/h1-33H. The first-order valence-electron chi connectivity index (χ1n) is 20.5. The van der Waals surface area contributed by atoms with E-state index < -0.39 is 0 Å². The monoisotopic (exact) mass is 779 g/mol. The van der Waals surface area contributed by atoms with Gasteiger partial charge in [-0.15, -0.1) is 0 Å². The van der Waals surface area contributed by atoms with Gasteiger partial charge in [0.2, 0.25) is 5.95 Å². The third-order valence-electron chi connectivity index (χ3n) is 12.4. The van der Waals surface area contributed by atoms with Crippen LogP contribution in [-0.2, 0) is 0 Å². The predicted molar refractivity (Wildman–Crippen MR) is 252 cm³/mol. The molecule has 6 heteroatoms. The Bertz CT molecular complexity index is 4000. The van der Waals surface area contributed by atoms with Gasteiger partial charge < -0.3 is 9.13 Å². The molecule has 0 aliphatic heterocycles. The maximum atomic E-state index is 15.7. The van der Waals surface area contributed by atoms with Crippen LogP contribution in [0.5, 0.6) is 0 Å². The van der Waals surface area contributed by atoms with E-state index in [0.29, 0.717) is 11.3 Å². The summed E-state index contributed by atoms with van der Waals surface area (Å²) in [6, 6.07) is 69.4. The summed E-state index contributed by atoms with van der Waals surface area (Å²) in [6.07, 6.45) is 0. The molecule has 0 saturated heterocycles. The summed E-state index contributed by atoms with van der Waals surface area (Å²) in [6.45, 7) is 0. The van der Waals surface area contributed by atoms with Crippen molar-refractivity contribution in [2.45, 2.75) is 0 Å². The Hall–Kier alpha value is -8.35. The van der Waals surface area contributed by atoms with Crippen LogP contribution in [0.1, 0.15) is 0 Å². The molecule has 0 N–H and O–H groups in total. The Morgan fingerprint density at radius 2 is 0.820 bits per heavy atom. The fourth-order valence-corrected chi connectivity index (χ4v) is 9.73. The van der Waals surface area contributed by atoms with E-state index in [4.69, 9.17) is 9.97 Å². The first-order valence-corrected chi connectivity index (χ1v) is 20.5. The highest BCUT2D eigenvalue weighted by Gasteiger charge is 2.23. The zero-order valence-electron chi connectivity index (χ0n) is 32.7. The lowest BCUT2D eigenvalue weighted by molar-refractivity contribution is 0.948. The Morgan fingerprint density at radius 1 is 0.328 bits per heavy atom. The Balaban J connectivity index is 1.25.